The summed E-state index contributed by atoms with van der Waals surface area (Å²) < 4.78 is 4.92. The Labute approximate surface area is 319 Å². The summed E-state index contributed by atoms with van der Waals surface area (Å²) in [6, 6.07) is 77.0. The summed E-state index contributed by atoms with van der Waals surface area (Å²) in [6.45, 7) is 0. The molecule has 0 aliphatic heterocycles. The van der Waals surface area contributed by atoms with Gasteiger partial charge >= 0.3 is 0 Å². The molecule has 0 amide bonds. The summed E-state index contributed by atoms with van der Waals surface area (Å²) >= 11 is 0. The molecular formula is C52H35N3. The molecule has 3 nitrogen and oxygen atoms in total. The van der Waals surface area contributed by atoms with E-state index in [2.05, 4.69) is 226 Å². The highest BCUT2D eigenvalue weighted by molar-refractivity contribution is 6.21. The molecule has 55 heavy (non-hydrogen) atoms. The second kappa shape index (κ2) is 12.6. The number of nitrogens with zero attached hydrogens (tertiary/aromatic N) is 3. The molecule has 0 unspecified atom stereocenters. The lowest BCUT2D eigenvalue weighted by Crippen LogP contribution is -2.10. The van der Waals surface area contributed by atoms with E-state index < -0.39 is 0 Å². The third-order valence-corrected chi connectivity index (χ3v) is 11.0. The van der Waals surface area contributed by atoms with Crippen molar-refractivity contribution >= 4 is 71.4 Å². The number of anilines is 3. The smallest absolute Gasteiger partial charge is 0.0804 e. The quantitative estimate of drug-likeness (QED) is 0.168. The van der Waals surface area contributed by atoms with Crippen LogP contribution >= 0.6 is 0 Å². The Hall–Kier alpha value is -7.36. The monoisotopic (exact) mass is 701 g/mol. The van der Waals surface area contributed by atoms with Crippen molar-refractivity contribution in [2.24, 2.45) is 0 Å². The number of para-hydroxylation sites is 2. The molecule has 0 atom stereocenters. The fourth-order valence-corrected chi connectivity index (χ4v) is 8.50. The van der Waals surface area contributed by atoms with Crippen molar-refractivity contribution in [3.8, 4) is 22.5 Å². The second-order valence-corrected chi connectivity index (χ2v) is 14.2. The lowest BCUT2D eigenvalue weighted by molar-refractivity contribution is 1.17. The maximum Gasteiger partial charge on any atom is 0.0804 e. The minimum Gasteiger partial charge on any atom is -0.310 e. The predicted molar refractivity (Wildman–Crippen MR) is 233 cm³/mol. The van der Waals surface area contributed by atoms with Crippen LogP contribution in [0.3, 0.4) is 0 Å². The molecule has 0 saturated carbocycles. The van der Waals surface area contributed by atoms with Crippen LogP contribution in [-0.4, -0.2) is 9.13 Å². The molecule has 2 aromatic heterocycles. The fraction of sp³-hybridized carbons (Fsp3) is 0. The van der Waals surface area contributed by atoms with Crippen molar-refractivity contribution < 1.29 is 0 Å². The van der Waals surface area contributed by atoms with E-state index >= 15 is 0 Å². The molecule has 0 fully saturated rings. The Morgan fingerprint density at radius 3 is 1.25 bits per heavy atom. The molecule has 0 saturated heterocycles. The number of rotatable bonds is 6. The van der Waals surface area contributed by atoms with E-state index in [0.717, 1.165) is 34.0 Å². The molecule has 11 rings (SSSR count). The molecule has 0 bridgehead atoms. The predicted octanol–water partition coefficient (Wildman–Crippen LogP) is 14.2. The Morgan fingerprint density at radius 1 is 0.291 bits per heavy atom. The normalized spacial score (nSPS) is 11.6. The van der Waals surface area contributed by atoms with Gasteiger partial charge in [0.25, 0.3) is 0 Å². The summed E-state index contributed by atoms with van der Waals surface area (Å²) in [5.74, 6) is 0. The zero-order valence-electron chi connectivity index (χ0n) is 30.0. The molecule has 0 N–H and O–H groups in total. The van der Waals surface area contributed by atoms with E-state index in [4.69, 9.17) is 0 Å². The highest BCUT2D eigenvalue weighted by Crippen LogP contribution is 2.45. The summed E-state index contributed by atoms with van der Waals surface area (Å²) in [4.78, 5) is 2.41. The molecule has 2 heterocycles. The average molecular weight is 702 g/mol. The Bertz CT molecular complexity index is 3080. The van der Waals surface area contributed by atoms with Crippen LogP contribution in [0.25, 0.3) is 76.9 Å². The molecule has 0 aliphatic rings. The molecule has 11 aromatic rings. The topological polar surface area (TPSA) is 13.1 Å². The fourth-order valence-electron chi connectivity index (χ4n) is 8.50. The standard InChI is InChI=1S/C52H35N3/c1-4-14-36(15-5-1)41-26-30-49-47(34-41)51-52(54(49)42-20-6-2-7-21-42)48-35-46(29-31-50(48)55(51)43-22-8-3-9-23-43)53(44-27-24-37-16-10-12-18-39(37)32-44)45-28-25-38-17-11-13-19-40(38)33-45/h1-35H. The first kappa shape index (κ1) is 31.2. The molecule has 0 aliphatic carbocycles. The van der Waals surface area contributed by atoms with Crippen LogP contribution in [0.2, 0.25) is 0 Å². The number of hydrogen-bond acceptors (Lipinski definition) is 1. The average Bonchev–Trinajstić information content (AvgIpc) is 3.76. The summed E-state index contributed by atoms with van der Waals surface area (Å²) in [5, 5.41) is 7.27. The van der Waals surface area contributed by atoms with E-state index in [1.807, 2.05) is 0 Å². The Morgan fingerprint density at radius 2 is 0.709 bits per heavy atom. The first-order valence-electron chi connectivity index (χ1n) is 18.9. The van der Waals surface area contributed by atoms with E-state index in [-0.39, 0.29) is 0 Å². The zero-order chi connectivity index (χ0) is 36.3. The van der Waals surface area contributed by atoms with Gasteiger partial charge in [-0.2, -0.15) is 0 Å². The number of aromatic nitrogens is 2. The second-order valence-electron chi connectivity index (χ2n) is 14.2. The van der Waals surface area contributed by atoms with Crippen LogP contribution in [0.1, 0.15) is 0 Å². The van der Waals surface area contributed by atoms with Crippen LogP contribution < -0.4 is 4.90 Å². The highest BCUT2D eigenvalue weighted by Gasteiger charge is 2.24. The van der Waals surface area contributed by atoms with Crippen molar-refractivity contribution in [2.45, 2.75) is 0 Å². The maximum absolute atomic E-state index is 2.46. The number of benzene rings is 9. The van der Waals surface area contributed by atoms with E-state index in [9.17, 15) is 0 Å². The maximum atomic E-state index is 2.46. The lowest BCUT2D eigenvalue weighted by Gasteiger charge is -2.26. The molecule has 0 radical (unpaired) electrons. The molecule has 258 valence electrons. The van der Waals surface area contributed by atoms with Crippen molar-refractivity contribution in [1.29, 1.82) is 0 Å². The van der Waals surface area contributed by atoms with Gasteiger partial charge in [-0.15, -0.1) is 0 Å². The minimum absolute atomic E-state index is 1.10. The third kappa shape index (κ3) is 5.13. The van der Waals surface area contributed by atoms with Gasteiger partial charge in [0, 0.05) is 39.2 Å². The number of fused-ring (bicyclic) bond motifs is 7. The van der Waals surface area contributed by atoms with Gasteiger partial charge in [0.05, 0.1) is 22.1 Å². The third-order valence-electron chi connectivity index (χ3n) is 11.0. The molecule has 3 heteroatoms. The molecule has 0 spiro atoms. The van der Waals surface area contributed by atoms with Gasteiger partial charge in [-0.3, -0.25) is 0 Å². The van der Waals surface area contributed by atoms with Crippen molar-refractivity contribution in [3.63, 3.8) is 0 Å². The largest absolute Gasteiger partial charge is 0.310 e. The van der Waals surface area contributed by atoms with Crippen molar-refractivity contribution in [1.82, 2.24) is 9.13 Å². The first-order valence-corrected chi connectivity index (χ1v) is 18.9. The van der Waals surface area contributed by atoms with Gasteiger partial charge in [0.15, 0.2) is 0 Å². The van der Waals surface area contributed by atoms with E-state index in [1.54, 1.807) is 0 Å². The summed E-state index contributed by atoms with van der Waals surface area (Å²) in [5.41, 5.74) is 12.7. The van der Waals surface area contributed by atoms with Crippen LogP contribution in [-0.2, 0) is 0 Å². The Kier molecular flexibility index (Phi) is 7.17. The summed E-state index contributed by atoms with van der Waals surface area (Å²) in [6.07, 6.45) is 0. The van der Waals surface area contributed by atoms with Gasteiger partial charge in [-0.05, 0) is 112 Å². The van der Waals surface area contributed by atoms with Crippen molar-refractivity contribution in [2.75, 3.05) is 4.90 Å². The van der Waals surface area contributed by atoms with Gasteiger partial charge in [0.2, 0.25) is 0 Å². The van der Waals surface area contributed by atoms with Gasteiger partial charge in [-0.1, -0.05) is 133 Å². The zero-order valence-corrected chi connectivity index (χ0v) is 30.0. The van der Waals surface area contributed by atoms with E-state index in [0.29, 0.717) is 0 Å². The minimum atomic E-state index is 1.10. The lowest BCUT2D eigenvalue weighted by atomic mass is 10.0. The van der Waals surface area contributed by atoms with Crippen LogP contribution in [0.4, 0.5) is 17.1 Å². The molecular weight excluding hydrogens is 667 g/mol. The van der Waals surface area contributed by atoms with Gasteiger partial charge < -0.3 is 14.0 Å². The van der Waals surface area contributed by atoms with Gasteiger partial charge in [-0.25, -0.2) is 0 Å². The summed E-state index contributed by atoms with van der Waals surface area (Å²) in [7, 11) is 0. The van der Waals surface area contributed by atoms with Crippen LogP contribution in [0.5, 0.6) is 0 Å². The Balaban J connectivity index is 1.25. The van der Waals surface area contributed by atoms with Crippen molar-refractivity contribution in [3.05, 3.63) is 212 Å². The SMILES string of the molecule is c1ccc(-c2ccc3c(c2)c2c(c4cc(N(c5ccc6ccccc6c5)c5ccc6ccccc6c5)ccc4n2-c2ccccc2)n3-c2ccccc2)cc1. The first-order chi connectivity index (χ1) is 27.3. The highest BCUT2D eigenvalue weighted by atomic mass is 15.1. The molecule has 9 aromatic carbocycles. The number of hydrogen-bond donors (Lipinski definition) is 0. The van der Waals surface area contributed by atoms with Gasteiger partial charge in [0.1, 0.15) is 0 Å². The van der Waals surface area contributed by atoms with Crippen LogP contribution in [0, 0.1) is 0 Å². The van der Waals surface area contributed by atoms with Crippen LogP contribution in [0.15, 0.2) is 212 Å². The van der Waals surface area contributed by atoms with E-state index in [1.165, 1.54) is 60.0 Å².